The molecule has 0 saturated carbocycles. The first kappa shape index (κ1) is 21.2. The van der Waals surface area contributed by atoms with Gasteiger partial charge in [0.25, 0.3) is 0 Å². The van der Waals surface area contributed by atoms with Crippen molar-refractivity contribution in [2.75, 3.05) is 0 Å². The van der Waals surface area contributed by atoms with Gasteiger partial charge in [0.05, 0.1) is 16.3 Å². The van der Waals surface area contributed by atoms with Crippen LogP contribution in [0, 0.1) is 5.92 Å². The van der Waals surface area contributed by atoms with Crippen molar-refractivity contribution < 1.29 is 14.6 Å². The molecule has 0 aliphatic carbocycles. The minimum atomic E-state index is -1.19. The van der Waals surface area contributed by atoms with Crippen molar-refractivity contribution in [1.29, 1.82) is 0 Å². The van der Waals surface area contributed by atoms with E-state index in [0.717, 1.165) is 6.42 Å². The van der Waals surface area contributed by atoms with Crippen molar-refractivity contribution in [3.05, 3.63) is 69.8 Å². The van der Waals surface area contributed by atoms with Crippen LogP contribution < -0.4 is 10.5 Å². The van der Waals surface area contributed by atoms with Crippen molar-refractivity contribution in [2.45, 2.75) is 26.3 Å². The summed E-state index contributed by atoms with van der Waals surface area (Å²) in [6, 6.07) is 13.1. The standard InChI is InChI=1S/C21H21Cl2N3O3/c1-3-12(2)18(24)17-19(21(27)28)25-26(16-7-5-4-6-15(16)23)20(17)29-14-10-8-13(22)9-11-14/h4-12,18H,3,24H2,1-2H3,(H,27,28). The third-order valence-corrected chi connectivity index (χ3v) is 5.35. The first-order valence-corrected chi connectivity index (χ1v) is 9.89. The first-order valence-electron chi connectivity index (χ1n) is 9.13. The van der Waals surface area contributed by atoms with Gasteiger partial charge in [-0.2, -0.15) is 9.78 Å². The average molecular weight is 434 g/mol. The molecule has 0 saturated heterocycles. The number of carbonyl (C=O) groups is 1. The van der Waals surface area contributed by atoms with Crippen LogP contribution in [0.15, 0.2) is 48.5 Å². The quantitative estimate of drug-likeness (QED) is 0.497. The second-order valence-corrected chi connectivity index (χ2v) is 7.55. The Morgan fingerprint density at radius 1 is 1.21 bits per heavy atom. The van der Waals surface area contributed by atoms with E-state index in [2.05, 4.69) is 5.10 Å². The SMILES string of the molecule is CCC(C)C(N)c1c(C(=O)O)nn(-c2ccccc2Cl)c1Oc1ccc(Cl)cc1. The second kappa shape index (κ2) is 8.86. The minimum Gasteiger partial charge on any atom is -0.476 e. The Bertz CT molecular complexity index is 1020. The van der Waals surface area contributed by atoms with E-state index in [1.807, 2.05) is 13.8 Å². The van der Waals surface area contributed by atoms with Crippen LogP contribution in [0.1, 0.15) is 42.4 Å². The molecule has 152 valence electrons. The average Bonchev–Trinajstić information content (AvgIpc) is 3.08. The van der Waals surface area contributed by atoms with Gasteiger partial charge < -0.3 is 15.6 Å². The summed E-state index contributed by atoms with van der Waals surface area (Å²) in [5.74, 6) is -0.502. The third kappa shape index (κ3) is 4.40. The third-order valence-electron chi connectivity index (χ3n) is 4.78. The zero-order chi connectivity index (χ0) is 21.1. The van der Waals surface area contributed by atoms with E-state index in [0.29, 0.717) is 27.0 Å². The number of ether oxygens (including phenoxy) is 1. The highest BCUT2D eigenvalue weighted by Crippen LogP contribution is 2.38. The van der Waals surface area contributed by atoms with Crippen LogP contribution in [0.5, 0.6) is 11.6 Å². The Morgan fingerprint density at radius 3 is 2.45 bits per heavy atom. The van der Waals surface area contributed by atoms with Crippen LogP contribution >= 0.6 is 23.2 Å². The van der Waals surface area contributed by atoms with Gasteiger partial charge in [0.15, 0.2) is 5.69 Å². The number of nitrogens with zero attached hydrogens (tertiary/aromatic N) is 2. The molecule has 2 atom stereocenters. The molecule has 0 bridgehead atoms. The van der Waals surface area contributed by atoms with Crippen LogP contribution in [0.3, 0.4) is 0 Å². The molecular weight excluding hydrogens is 413 g/mol. The van der Waals surface area contributed by atoms with E-state index in [9.17, 15) is 9.90 Å². The Hall–Kier alpha value is -2.54. The summed E-state index contributed by atoms with van der Waals surface area (Å²) in [4.78, 5) is 12.0. The summed E-state index contributed by atoms with van der Waals surface area (Å²) in [5.41, 5.74) is 7.09. The molecule has 0 aliphatic rings. The van der Waals surface area contributed by atoms with Gasteiger partial charge in [-0.25, -0.2) is 4.79 Å². The molecule has 0 radical (unpaired) electrons. The summed E-state index contributed by atoms with van der Waals surface area (Å²) < 4.78 is 7.48. The summed E-state index contributed by atoms with van der Waals surface area (Å²) in [7, 11) is 0. The molecule has 0 spiro atoms. The number of rotatable bonds is 7. The molecular formula is C21H21Cl2N3O3. The van der Waals surface area contributed by atoms with E-state index in [1.165, 1.54) is 4.68 Å². The maximum atomic E-state index is 12.0. The number of carboxylic acid groups (broad SMARTS) is 1. The van der Waals surface area contributed by atoms with Gasteiger partial charge in [0.2, 0.25) is 5.88 Å². The number of hydrogen-bond acceptors (Lipinski definition) is 4. The predicted molar refractivity (Wildman–Crippen MR) is 113 cm³/mol. The number of para-hydroxylation sites is 1. The predicted octanol–water partition coefficient (Wildman–Crippen LogP) is 5.72. The van der Waals surface area contributed by atoms with Crippen LogP contribution in [-0.4, -0.2) is 20.9 Å². The number of halogens is 2. The van der Waals surface area contributed by atoms with Crippen LogP contribution in [0.2, 0.25) is 10.0 Å². The lowest BCUT2D eigenvalue weighted by Gasteiger charge is -2.20. The second-order valence-electron chi connectivity index (χ2n) is 6.70. The number of nitrogens with two attached hydrogens (primary N) is 1. The van der Waals surface area contributed by atoms with Crippen molar-refractivity contribution in [3.8, 4) is 17.3 Å². The molecule has 29 heavy (non-hydrogen) atoms. The normalized spacial score (nSPS) is 13.1. The molecule has 0 aliphatic heterocycles. The monoisotopic (exact) mass is 433 g/mol. The lowest BCUT2D eigenvalue weighted by Crippen LogP contribution is -2.21. The molecule has 3 N–H and O–H groups in total. The minimum absolute atomic E-state index is 0.00423. The van der Waals surface area contributed by atoms with E-state index >= 15 is 0 Å². The zero-order valence-electron chi connectivity index (χ0n) is 16.0. The van der Waals surface area contributed by atoms with Crippen molar-refractivity contribution in [1.82, 2.24) is 9.78 Å². The van der Waals surface area contributed by atoms with Crippen LogP contribution in [0.4, 0.5) is 0 Å². The van der Waals surface area contributed by atoms with Gasteiger partial charge in [-0.15, -0.1) is 0 Å². The van der Waals surface area contributed by atoms with Crippen LogP contribution in [0.25, 0.3) is 5.69 Å². The fraction of sp³-hybridized carbons (Fsp3) is 0.238. The summed E-state index contributed by atoms with van der Waals surface area (Å²) in [6.45, 7) is 3.94. The van der Waals surface area contributed by atoms with Gasteiger partial charge in [-0.1, -0.05) is 55.6 Å². The maximum absolute atomic E-state index is 12.0. The van der Waals surface area contributed by atoms with Crippen LogP contribution in [-0.2, 0) is 0 Å². The van der Waals surface area contributed by atoms with Gasteiger partial charge in [-0.05, 0) is 42.3 Å². The molecule has 3 rings (SSSR count). The molecule has 1 heterocycles. The number of hydrogen-bond donors (Lipinski definition) is 2. The van der Waals surface area contributed by atoms with E-state index in [1.54, 1.807) is 48.5 Å². The van der Waals surface area contributed by atoms with E-state index in [-0.39, 0.29) is 17.5 Å². The Kier molecular flexibility index (Phi) is 6.47. The zero-order valence-corrected chi connectivity index (χ0v) is 17.5. The lowest BCUT2D eigenvalue weighted by molar-refractivity contribution is 0.0687. The number of carboxylic acids is 1. The molecule has 1 aromatic heterocycles. The molecule has 3 aromatic rings. The Balaban J connectivity index is 2.25. The summed E-state index contributed by atoms with van der Waals surface area (Å²) in [5, 5.41) is 15.0. The van der Waals surface area contributed by atoms with E-state index < -0.39 is 12.0 Å². The van der Waals surface area contributed by atoms with E-state index in [4.69, 9.17) is 33.7 Å². The summed E-state index contributed by atoms with van der Waals surface area (Å²) >= 11 is 12.3. The molecule has 8 heteroatoms. The van der Waals surface area contributed by atoms with Gasteiger partial charge in [0, 0.05) is 11.1 Å². The molecule has 6 nitrogen and oxygen atoms in total. The molecule has 0 amide bonds. The Labute approximate surface area is 178 Å². The molecule has 2 unspecified atom stereocenters. The number of aromatic nitrogens is 2. The maximum Gasteiger partial charge on any atom is 0.356 e. The highest BCUT2D eigenvalue weighted by Gasteiger charge is 2.32. The van der Waals surface area contributed by atoms with Crippen molar-refractivity contribution >= 4 is 29.2 Å². The first-order chi connectivity index (χ1) is 13.8. The van der Waals surface area contributed by atoms with Crippen molar-refractivity contribution in [3.63, 3.8) is 0 Å². The smallest absolute Gasteiger partial charge is 0.356 e. The van der Waals surface area contributed by atoms with Crippen molar-refractivity contribution in [2.24, 2.45) is 11.7 Å². The van der Waals surface area contributed by atoms with Gasteiger partial charge >= 0.3 is 5.97 Å². The van der Waals surface area contributed by atoms with Gasteiger partial charge in [-0.3, -0.25) is 0 Å². The molecule has 0 fully saturated rings. The Morgan fingerprint density at radius 2 is 1.86 bits per heavy atom. The summed E-state index contributed by atoms with van der Waals surface area (Å²) in [6.07, 6.45) is 0.762. The highest BCUT2D eigenvalue weighted by atomic mass is 35.5. The lowest BCUT2D eigenvalue weighted by atomic mass is 9.93. The fourth-order valence-corrected chi connectivity index (χ4v) is 3.25. The topological polar surface area (TPSA) is 90.4 Å². The van der Waals surface area contributed by atoms with Gasteiger partial charge in [0.1, 0.15) is 5.75 Å². The highest BCUT2D eigenvalue weighted by molar-refractivity contribution is 6.32. The largest absolute Gasteiger partial charge is 0.476 e. The number of aromatic carboxylic acids is 1. The number of benzene rings is 2. The fourth-order valence-electron chi connectivity index (χ4n) is 2.91. The molecule has 2 aromatic carbocycles.